The lowest BCUT2D eigenvalue weighted by Crippen LogP contribution is -3.11. The van der Waals surface area contributed by atoms with E-state index < -0.39 is 0 Å². The van der Waals surface area contributed by atoms with Crippen molar-refractivity contribution in [2.75, 3.05) is 18.4 Å². The summed E-state index contributed by atoms with van der Waals surface area (Å²) in [5.74, 6) is -0.405. The fraction of sp³-hybridized carbons (Fsp3) is 0.278. The molecular weight excluding hydrogens is 279 g/mol. The zero-order chi connectivity index (χ0) is 15.9. The molecule has 0 bridgehead atoms. The third kappa shape index (κ3) is 4.67. The van der Waals surface area contributed by atoms with E-state index in [1.807, 2.05) is 18.2 Å². The fourth-order valence-corrected chi connectivity index (χ4v) is 2.30. The van der Waals surface area contributed by atoms with Gasteiger partial charge in [-0.05, 0) is 31.5 Å². The van der Waals surface area contributed by atoms with Gasteiger partial charge in [0.2, 0.25) is 0 Å². The van der Waals surface area contributed by atoms with Gasteiger partial charge in [-0.2, -0.15) is 0 Å². The summed E-state index contributed by atoms with van der Waals surface area (Å²) in [6.07, 6.45) is 0. The molecule has 2 aromatic rings. The normalized spacial score (nSPS) is 12.0. The lowest BCUT2D eigenvalue weighted by Gasteiger charge is -2.17. The molecule has 0 aliphatic rings. The molecule has 0 saturated heterocycles. The fourth-order valence-electron chi connectivity index (χ4n) is 2.30. The Labute approximate surface area is 130 Å². The minimum absolute atomic E-state index is 0.101. The van der Waals surface area contributed by atoms with E-state index in [1.54, 1.807) is 19.1 Å². The average Bonchev–Trinajstić information content (AvgIpc) is 2.51. The number of amides is 1. The molecule has 0 aliphatic carbocycles. The SMILES string of the molecule is CC[NH+](CC(=O)Nc1ccc(C)c(F)c1)Cc1ccccc1. The van der Waals surface area contributed by atoms with E-state index >= 15 is 0 Å². The molecule has 1 unspecified atom stereocenters. The van der Waals surface area contributed by atoms with Crippen LogP contribution >= 0.6 is 0 Å². The number of aryl methyl sites for hydroxylation is 1. The lowest BCUT2D eigenvalue weighted by atomic mass is 10.2. The Morgan fingerprint density at radius 1 is 1.18 bits per heavy atom. The molecule has 3 nitrogen and oxygen atoms in total. The number of quaternary nitrogens is 1. The van der Waals surface area contributed by atoms with Gasteiger partial charge in [-0.25, -0.2) is 4.39 Å². The van der Waals surface area contributed by atoms with Crippen molar-refractivity contribution in [2.24, 2.45) is 0 Å². The Balaban J connectivity index is 1.93. The molecule has 2 aromatic carbocycles. The number of rotatable bonds is 6. The van der Waals surface area contributed by atoms with Gasteiger partial charge in [0.1, 0.15) is 12.4 Å². The van der Waals surface area contributed by atoms with Crippen LogP contribution in [0.15, 0.2) is 48.5 Å². The van der Waals surface area contributed by atoms with Crippen molar-refractivity contribution < 1.29 is 14.1 Å². The highest BCUT2D eigenvalue weighted by atomic mass is 19.1. The first kappa shape index (κ1) is 16.2. The van der Waals surface area contributed by atoms with Crippen LogP contribution in [0.5, 0.6) is 0 Å². The highest BCUT2D eigenvalue weighted by molar-refractivity contribution is 5.91. The summed E-state index contributed by atoms with van der Waals surface area (Å²) < 4.78 is 13.5. The van der Waals surface area contributed by atoms with Crippen LogP contribution in [0, 0.1) is 12.7 Å². The lowest BCUT2D eigenvalue weighted by molar-refractivity contribution is -0.903. The molecule has 0 aliphatic heterocycles. The van der Waals surface area contributed by atoms with Crippen molar-refractivity contribution in [3.63, 3.8) is 0 Å². The molecule has 0 radical (unpaired) electrons. The minimum atomic E-state index is -0.304. The van der Waals surface area contributed by atoms with Gasteiger partial charge in [0.05, 0.1) is 6.54 Å². The van der Waals surface area contributed by atoms with Crippen LogP contribution in [0.3, 0.4) is 0 Å². The van der Waals surface area contributed by atoms with Gasteiger partial charge >= 0.3 is 0 Å². The highest BCUT2D eigenvalue weighted by Gasteiger charge is 2.13. The maximum Gasteiger partial charge on any atom is 0.279 e. The first-order chi connectivity index (χ1) is 10.6. The second-order valence-electron chi connectivity index (χ2n) is 5.45. The van der Waals surface area contributed by atoms with Crippen LogP contribution < -0.4 is 10.2 Å². The smallest absolute Gasteiger partial charge is 0.279 e. The Kier molecular flexibility index (Phi) is 5.67. The van der Waals surface area contributed by atoms with Crippen LogP contribution in [0.1, 0.15) is 18.1 Å². The Bertz CT molecular complexity index is 628. The number of likely N-dealkylation sites (N-methyl/N-ethyl adjacent to an activating group) is 1. The van der Waals surface area contributed by atoms with Gasteiger partial charge in [-0.15, -0.1) is 0 Å². The molecule has 0 fully saturated rings. The Hall–Kier alpha value is -2.20. The van der Waals surface area contributed by atoms with Crippen molar-refractivity contribution in [2.45, 2.75) is 20.4 Å². The molecule has 1 amide bonds. The van der Waals surface area contributed by atoms with Crippen molar-refractivity contribution in [3.05, 3.63) is 65.5 Å². The average molecular weight is 301 g/mol. The highest BCUT2D eigenvalue weighted by Crippen LogP contribution is 2.13. The minimum Gasteiger partial charge on any atom is -0.324 e. The maximum atomic E-state index is 13.5. The number of halogens is 1. The number of hydrogen-bond acceptors (Lipinski definition) is 1. The number of anilines is 1. The molecule has 2 N–H and O–H groups in total. The van der Waals surface area contributed by atoms with Crippen molar-refractivity contribution in [1.29, 1.82) is 0 Å². The van der Waals surface area contributed by atoms with E-state index in [4.69, 9.17) is 0 Å². The summed E-state index contributed by atoms with van der Waals surface area (Å²) in [5.41, 5.74) is 2.28. The summed E-state index contributed by atoms with van der Waals surface area (Å²) in [7, 11) is 0. The topological polar surface area (TPSA) is 33.5 Å². The zero-order valence-electron chi connectivity index (χ0n) is 13.0. The number of carbonyl (C=O) groups excluding carboxylic acids is 1. The molecule has 0 saturated carbocycles. The first-order valence-corrected chi connectivity index (χ1v) is 7.52. The molecular formula is C18H22FN2O+. The zero-order valence-corrected chi connectivity index (χ0v) is 13.0. The van der Waals surface area contributed by atoms with Crippen molar-refractivity contribution in [3.8, 4) is 0 Å². The van der Waals surface area contributed by atoms with Gasteiger partial charge in [-0.3, -0.25) is 4.79 Å². The Morgan fingerprint density at radius 2 is 1.91 bits per heavy atom. The maximum absolute atomic E-state index is 13.5. The standard InChI is InChI=1S/C18H21FN2O/c1-3-21(12-15-7-5-4-6-8-15)13-18(22)20-16-10-9-14(2)17(19)11-16/h4-11H,3,12-13H2,1-2H3,(H,20,22)/p+1. The van der Waals surface area contributed by atoms with E-state index in [2.05, 4.69) is 24.4 Å². The number of benzene rings is 2. The van der Waals surface area contributed by atoms with Gasteiger partial charge in [-0.1, -0.05) is 36.4 Å². The number of carbonyl (C=O) groups is 1. The molecule has 4 heteroatoms. The molecule has 0 heterocycles. The molecule has 116 valence electrons. The largest absolute Gasteiger partial charge is 0.324 e. The van der Waals surface area contributed by atoms with E-state index in [-0.39, 0.29) is 11.7 Å². The van der Waals surface area contributed by atoms with Gasteiger partial charge in [0, 0.05) is 11.3 Å². The molecule has 1 atom stereocenters. The molecule has 22 heavy (non-hydrogen) atoms. The van der Waals surface area contributed by atoms with Crippen molar-refractivity contribution in [1.82, 2.24) is 0 Å². The van der Waals surface area contributed by atoms with Gasteiger partial charge in [0.15, 0.2) is 6.54 Å². The summed E-state index contributed by atoms with van der Waals surface area (Å²) in [5, 5.41) is 2.76. The van der Waals surface area contributed by atoms with Crippen LogP contribution in [-0.2, 0) is 11.3 Å². The predicted molar refractivity (Wildman–Crippen MR) is 86.3 cm³/mol. The third-order valence-electron chi connectivity index (χ3n) is 3.66. The summed E-state index contributed by atoms with van der Waals surface area (Å²) in [6, 6.07) is 14.8. The van der Waals surface area contributed by atoms with Crippen LogP contribution in [0.2, 0.25) is 0 Å². The van der Waals surface area contributed by atoms with Crippen molar-refractivity contribution >= 4 is 11.6 Å². The van der Waals surface area contributed by atoms with E-state index in [0.29, 0.717) is 17.8 Å². The number of nitrogens with one attached hydrogen (secondary N) is 2. The van der Waals surface area contributed by atoms with Crippen LogP contribution in [0.25, 0.3) is 0 Å². The number of hydrogen-bond donors (Lipinski definition) is 2. The van der Waals surface area contributed by atoms with E-state index in [9.17, 15) is 9.18 Å². The van der Waals surface area contributed by atoms with Crippen LogP contribution in [0.4, 0.5) is 10.1 Å². The summed E-state index contributed by atoms with van der Waals surface area (Å²) in [6.45, 7) is 5.76. The molecule has 0 spiro atoms. The van der Waals surface area contributed by atoms with Gasteiger partial charge in [0.25, 0.3) is 5.91 Å². The second-order valence-corrected chi connectivity index (χ2v) is 5.45. The molecule has 2 rings (SSSR count). The molecule has 0 aromatic heterocycles. The summed E-state index contributed by atoms with van der Waals surface area (Å²) >= 11 is 0. The monoisotopic (exact) mass is 301 g/mol. The first-order valence-electron chi connectivity index (χ1n) is 7.52. The van der Waals surface area contributed by atoms with E-state index in [0.717, 1.165) is 18.0 Å². The third-order valence-corrected chi connectivity index (χ3v) is 3.66. The quantitative estimate of drug-likeness (QED) is 0.842. The van der Waals surface area contributed by atoms with Crippen LogP contribution in [-0.4, -0.2) is 19.0 Å². The Morgan fingerprint density at radius 3 is 2.55 bits per heavy atom. The van der Waals surface area contributed by atoms with Gasteiger partial charge < -0.3 is 10.2 Å². The predicted octanol–water partition coefficient (Wildman–Crippen LogP) is 2.18. The second kappa shape index (κ2) is 7.71. The summed E-state index contributed by atoms with van der Waals surface area (Å²) in [4.78, 5) is 13.3. The van der Waals surface area contributed by atoms with E-state index in [1.165, 1.54) is 11.6 Å².